The van der Waals surface area contributed by atoms with Gasteiger partial charge in [0.05, 0.1) is 4.92 Å². The quantitative estimate of drug-likeness (QED) is 0.292. The van der Waals surface area contributed by atoms with Crippen molar-refractivity contribution in [3.05, 3.63) is 69.3 Å². The maximum atomic E-state index is 13.5. The number of nitro benzene ring substituents is 1. The number of carbonyl (C=O) groups excluding carboxylic acids is 2. The van der Waals surface area contributed by atoms with Gasteiger partial charge < -0.3 is 15.8 Å². The molecule has 3 N–H and O–H groups in total. The minimum atomic E-state index is -0.997. The Morgan fingerprint density at radius 1 is 1.21 bits per heavy atom. The lowest BCUT2D eigenvalue weighted by Crippen LogP contribution is -2.16. The molecule has 0 aliphatic heterocycles. The molecule has 8 nitrogen and oxygen atoms in total. The predicted molar refractivity (Wildman–Crippen MR) is 95.7 cm³/mol. The molecule has 2 rings (SSSR count). The van der Waals surface area contributed by atoms with Crippen LogP contribution in [0.2, 0.25) is 0 Å². The van der Waals surface area contributed by atoms with Gasteiger partial charge in [0.2, 0.25) is 5.91 Å². The van der Waals surface area contributed by atoms with Crippen LogP contribution in [0.1, 0.15) is 22.3 Å². The van der Waals surface area contributed by atoms with Gasteiger partial charge in [-0.05, 0) is 30.2 Å². The molecule has 0 atom stereocenters. The topological polar surface area (TPSA) is 125 Å². The fourth-order valence-corrected chi connectivity index (χ4v) is 2.39. The number of hydrogen-bond donors (Lipinski definition) is 2. The molecule has 0 heterocycles. The third kappa shape index (κ3) is 5.47. The highest BCUT2D eigenvalue weighted by Gasteiger charge is 2.16. The molecule has 1 amide bonds. The minimum absolute atomic E-state index is 0.00624. The van der Waals surface area contributed by atoms with Crippen molar-refractivity contribution in [2.45, 2.75) is 12.8 Å². The van der Waals surface area contributed by atoms with E-state index in [9.17, 15) is 28.5 Å². The largest absolute Gasteiger partial charge is 0.464 e. The zero-order chi connectivity index (χ0) is 20.7. The highest BCUT2D eigenvalue weighted by atomic mass is 19.2. The molecule has 0 radical (unpaired) electrons. The molecule has 0 unspecified atom stereocenters. The zero-order valence-corrected chi connectivity index (χ0v) is 14.6. The van der Waals surface area contributed by atoms with Gasteiger partial charge in [-0.1, -0.05) is 12.1 Å². The monoisotopic (exact) mass is 393 g/mol. The maximum Gasteiger partial charge on any atom is 0.306 e. The molecule has 148 valence electrons. The second-order valence-corrected chi connectivity index (χ2v) is 5.71. The van der Waals surface area contributed by atoms with Gasteiger partial charge in [-0.15, -0.1) is 0 Å². The molecule has 0 bridgehead atoms. The van der Waals surface area contributed by atoms with Crippen molar-refractivity contribution in [2.24, 2.45) is 5.73 Å². The van der Waals surface area contributed by atoms with Crippen LogP contribution in [-0.2, 0) is 16.0 Å². The molecule has 0 aliphatic carbocycles. The Balaban J connectivity index is 1.82. The molecular weight excluding hydrogens is 376 g/mol. The van der Waals surface area contributed by atoms with Crippen molar-refractivity contribution in [1.82, 2.24) is 0 Å². The van der Waals surface area contributed by atoms with Crippen molar-refractivity contribution >= 4 is 23.3 Å². The summed E-state index contributed by atoms with van der Waals surface area (Å²) in [5.74, 6) is -3.40. The van der Waals surface area contributed by atoms with Crippen LogP contribution in [0.5, 0.6) is 0 Å². The summed E-state index contributed by atoms with van der Waals surface area (Å²) in [6, 6.07) is 7.41. The number of amides is 1. The number of halogens is 2. The molecule has 28 heavy (non-hydrogen) atoms. The van der Waals surface area contributed by atoms with Gasteiger partial charge in [-0.3, -0.25) is 19.7 Å². The Labute approximate surface area is 158 Å². The number of nitrogens with one attached hydrogen (secondary N) is 1. The Morgan fingerprint density at radius 3 is 2.64 bits per heavy atom. The Bertz CT molecular complexity index is 905. The van der Waals surface area contributed by atoms with Crippen molar-refractivity contribution < 1.29 is 28.0 Å². The van der Waals surface area contributed by atoms with Gasteiger partial charge in [0.1, 0.15) is 12.3 Å². The normalized spacial score (nSPS) is 10.4. The summed E-state index contributed by atoms with van der Waals surface area (Å²) in [4.78, 5) is 33.2. The third-order valence-electron chi connectivity index (χ3n) is 3.79. The van der Waals surface area contributed by atoms with E-state index < -0.39 is 28.4 Å². The SMILES string of the molecule is NC(=O)c1ccc(NCCOC(=O)CCc2cccc(F)c2F)c([N+](=O)[O-])c1. The fourth-order valence-electron chi connectivity index (χ4n) is 2.39. The lowest BCUT2D eigenvalue weighted by Gasteiger charge is -2.09. The van der Waals surface area contributed by atoms with Crippen LogP contribution in [-0.4, -0.2) is 30.0 Å². The summed E-state index contributed by atoms with van der Waals surface area (Å²) in [7, 11) is 0. The highest BCUT2D eigenvalue weighted by molar-refractivity contribution is 5.94. The third-order valence-corrected chi connectivity index (χ3v) is 3.79. The number of ether oxygens (including phenoxy) is 1. The first-order chi connectivity index (χ1) is 13.3. The van der Waals surface area contributed by atoms with E-state index in [4.69, 9.17) is 10.5 Å². The highest BCUT2D eigenvalue weighted by Crippen LogP contribution is 2.25. The van der Waals surface area contributed by atoms with Crippen LogP contribution in [0.3, 0.4) is 0 Å². The van der Waals surface area contributed by atoms with Crippen molar-refractivity contribution in [3.63, 3.8) is 0 Å². The van der Waals surface area contributed by atoms with Gasteiger partial charge in [0, 0.05) is 24.6 Å². The molecule has 0 aromatic heterocycles. The van der Waals surface area contributed by atoms with Gasteiger partial charge in [-0.2, -0.15) is 0 Å². The number of nitrogens with two attached hydrogens (primary N) is 1. The first-order valence-corrected chi connectivity index (χ1v) is 8.20. The Morgan fingerprint density at radius 2 is 1.96 bits per heavy atom. The van der Waals surface area contributed by atoms with E-state index in [1.165, 1.54) is 24.3 Å². The maximum absolute atomic E-state index is 13.5. The summed E-state index contributed by atoms with van der Waals surface area (Å²) in [6.45, 7) is -0.0317. The number of rotatable bonds is 9. The number of nitrogens with zero attached hydrogens (tertiary/aromatic N) is 1. The molecule has 10 heteroatoms. The van der Waals surface area contributed by atoms with E-state index in [0.29, 0.717) is 0 Å². The number of aryl methyl sites for hydroxylation is 1. The van der Waals surface area contributed by atoms with Crippen molar-refractivity contribution in [1.29, 1.82) is 0 Å². The average Bonchev–Trinajstić information content (AvgIpc) is 2.66. The number of esters is 1. The van der Waals surface area contributed by atoms with E-state index >= 15 is 0 Å². The molecular formula is C18H17F2N3O5. The lowest BCUT2D eigenvalue weighted by molar-refractivity contribution is -0.384. The van der Waals surface area contributed by atoms with E-state index in [1.807, 2.05) is 0 Å². The summed E-state index contributed by atoms with van der Waals surface area (Å²) in [6.07, 6.45) is -0.163. The van der Waals surface area contributed by atoms with Gasteiger partial charge >= 0.3 is 5.97 Å². The fraction of sp³-hybridized carbons (Fsp3) is 0.222. The average molecular weight is 393 g/mol. The van der Waals surface area contributed by atoms with Crippen LogP contribution in [0, 0.1) is 21.7 Å². The van der Waals surface area contributed by atoms with Crippen LogP contribution >= 0.6 is 0 Å². The van der Waals surface area contributed by atoms with Gasteiger partial charge in [-0.25, -0.2) is 8.78 Å². The predicted octanol–water partition coefficient (Wildman–Crippen LogP) is 2.56. The molecule has 0 spiro atoms. The summed E-state index contributed by atoms with van der Waals surface area (Å²) < 4.78 is 31.6. The van der Waals surface area contributed by atoms with E-state index in [1.54, 1.807) is 0 Å². The first kappa shape index (κ1) is 20.7. The number of benzene rings is 2. The first-order valence-electron chi connectivity index (χ1n) is 8.20. The number of anilines is 1. The number of primary amides is 1. The van der Waals surface area contributed by atoms with Crippen LogP contribution in [0.25, 0.3) is 0 Å². The Kier molecular flexibility index (Phi) is 6.96. The van der Waals surface area contributed by atoms with E-state index in [2.05, 4.69) is 5.32 Å². The number of carbonyl (C=O) groups is 2. The summed E-state index contributed by atoms with van der Waals surface area (Å²) >= 11 is 0. The summed E-state index contributed by atoms with van der Waals surface area (Å²) in [5.41, 5.74) is 4.94. The Hall–Kier alpha value is -3.56. The molecule has 0 aliphatic rings. The molecule has 0 fully saturated rings. The number of hydrogen-bond acceptors (Lipinski definition) is 6. The lowest BCUT2D eigenvalue weighted by atomic mass is 10.1. The summed E-state index contributed by atoms with van der Waals surface area (Å²) in [5, 5.41) is 13.8. The van der Waals surface area contributed by atoms with E-state index in [-0.39, 0.29) is 48.5 Å². The second-order valence-electron chi connectivity index (χ2n) is 5.71. The smallest absolute Gasteiger partial charge is 0.306 e. The van der Waals surface area contributed by atoms with Crippen molar-refractivity contribution in [2.75, 3.05) is 18.5 Å². The molecule has 0 saturated carbocycles. The van der Waals surface area contributed by atoms with E-state index in [0.717, 1.165) is 12.1 Å². The second kappa shape index (κ2) is 9.40. The van der Waals surface area contributed by atoms with Crippen molar-refractivity contribution in [3.8, 4) is 0 Å². The zero-order valence-electron chi connectivity index (χ0n) is 14.6. The number of nitro groups is 1. The molecule has 0 saturated heterocycles. The van der Waals surface area contributed by atoms with Gasteiger partial charge in [0.15, 0.2) is 11.6 Å². The molecule has 2 aromatic carbocycles. The standard InChI is InChI=1S/C18H17F2N3O5/c19-13-3-1-2-11(17(13)20)5-7-16(24)28-9-8-22-14-6-4-12(18(21)25)10-15(14)23(26)27/h1-4,6,10,22H,5,7-9H2,(H2,21,25). The molecule has 2 aromatic rings. The van der Waals surface area contributed by atoms with Crippen LogP contribution in [0.15, 0.2) is 36.4 Å². The minimum Gasteiger partial charge on any atom is -0.464 e. The van der Waals surface area contributed by atoms with Crippen LogP contribution in [0.4, 0.5) is 20.2 Å². The van der Waals surface area contributed by atoms with Gasteiger partial charge in [0.25, 0.3) is 5.69 Å². The van der Waals surface area contributed by atoms with Crippen LogP contribution < -0.4 is 11.1 Å².